The van der Waals surface area contributed by atoms with E-state index in [9.17, 15) is 4.79 Å². The van der Waals surface area contributed by atoms with Gasteiger partial charge in [-0.2, -0.15) is 4.98 Å². The van der Waals surface area contributed by atoms with Crippen molar-refractivity contribution in [2.75, 3.05) is 17.7 Å². The van der Waals surface area contributed by atoms with Gasteiger partial charge in [0.1, 0.15) is 11.8 Å². The lowest BCUT2D eigenvalue weighted by atomic mass is 9.96. The van der Waals surface area contributed by atoms with Crippen molar-refractivity contribution in [3.05, 3.63) is 95.0 Å². The molecule has 2 N–H and O–H groups in total. The highest BCUT2D eigenvalue weighted by atomic mass is 16.5. The first-order valence-electron chi connectivity index (χ1n) is 11.3. The van der Waals surface area contributed by atoms with Crippen LogP contribution in [0.2, 0.25) is 0 Å². The number of hydrogen-bond acceptors (Lipinski definition) is 6. The fourth-order valence-corrected chi connectivity index (χ4v) is 4.24. The number of pyridine rings is 1. The van der Waals surface area contributed by atoms with Crippen molar-refractivity contribution in [2.45, 2.75) is 26.8 Å². The van der Waals surface area contributed by atoms with Crippen LogP contribution in [0.1, 0.15) is 29.7 Å². The molecule has 0 aliphatic carbocycles. The number of amides is 1. The zero-order chi connectivity index (χ0) is 24.5. The van der Waals surface area contributed by atoms with Gasteiger partial charge in [0.2, 0.25) is 5.95 Å². The van der Waals surface area contributed by atoms with E-state index in [0.29, 0.717) is 34.5 Å². The highest BCUT2D eigenvalue weighted by Gasteiger charge is 2.34. The van der Waals surface area contributed by atoms with Gasteiger partial charge < -0.3 is 15.4 Å². The molecule has 8 nitrogen and oxygen atoms in total. The van der Waals surface area contributed by atoms with Gasteiger partial charge >= 0.3 is 0 Å². The second kappa shape index (κ2) is 9.06. The van der Waals surface area contributed by atoms with Crippen LogP contribution in [0.15, 0.2) is 78.3 Å². The number of ether oxygens (including phenoxy) is 1. The molecule has 1 amide bonds. The summed E-state index contributed by atoms with van der Waals surface area (Å²) >= 11 is 0. The van der Waals surface area contributed by atoms with Gasteiger partial charge in [0.15, 0.2) is 5.82 Å². The number of carbonyl (C=O) groups is 1. The Kier molecular flexibility index (Phi) is 5.78. The summed E-state index contributed by atoms with van der Waals surface area (Å²) in [6, 6.07) is 16.8. The summed E-state index contributed by atoms with van der Waals surface area (Å²) < 4.78 is 7.18. The van der Waals surface area contributed by atoms with E-state index in [4.69, 9.17) is 14.8 Å². The molecule has 1 aliphatic rings. The number of nitrogens with zero attached hydrogens (tertiary/aromatic N) is 4. The van der Waals surface area contributed by atoms with Crippen molar-refractivity contribution >= 4 is 17.5 Å². The third-order valence-corrected chi connectivity index (χ3v) is 6.24. The number of fused-ring (bicyclic) bond motifs is 1. The van der Waals surface area contributed by atoms with Gasteiger partial charge in [-0.25, -0.2) is 4.68 Å². The first-order chi connectivity index (χ1) is 17.0. The Balaban J connectivity index is 1.59. The maximum atomic E-state index is 13.7. The quantitative estimate of drug-likeness (QED) is 0.435. The van der Waals surface area contributed by atoms with Gasteiger partial charge in [-0.05, 0) is 67.8 Å². The number of benzene rings is 2. The average Bonchev–Trinajstić information content (AvgIpc) is 3.29. The maximum Gasteiger partial charge on any atom is 0.255 e. The first kappa shape index (κ1) is 22.3. The number of allylic oxidation sites excluding steroid dienone is 1. The number of aryl methyl sites for hydroxylation is 2. The number of nitrogens with one attached hydrogen (secondary N) is 2. The molecule has 35 heavy (non-hydrogen) atoms. The summed E-state index contributed by atoms with van der Waals surface area (Å²) in [6.07, 6.45) is 3.42. The molecule has 0 spiro atoms. The summed E-state index contributed by atoms with van der Waals surface area (Å²) in [7, 11) is 1.58. The van der Waals surface area contributed by atoms with E-state index < -0.39 is 6.04 Å². The summed E-state index contributed by atoms with van der Waals surface area (Å²) in [4.78, 5) is 22.6. The number of aromatic nitrogens is 4. The minimum atomic E-state index is -0.489. The van der Waals surface area contributed by atoms with Crippen molar-refractivity contribution in [3.63, 3.8) is 0 Å². The lowest BCUT2D eigenvalue weighted by molar-refractivity contribution is -0.113. The highest BCUT2D eigenvalue weighted by molar-refractivity contribution is 6.06. The van der Waals surface area contributed by atoms with Crippen LogP contribution in [0.25, 0.3) is 11.4 Å². The lowest BCUT2D eigenvalue weighted by Crippen LogP contribution is -2.31. The topological polar surface area (TPSA) is 94.0 Å². The highest BCUT2D eigenvalue weighted by Crippen LogP contribution is 2.37. The molecule has 8 heteroatoms. The van der Waals surface area contributed by atoms with Gasteiger partial charge in [-0.1, -0.05) is 24.3 Å². The molecule has 4 aromatic rings. The van der Waals surface area contributed by atoms with E-state index in [2.05, 4.69) is 41.6 Å². The molecule has 5 rings (SSSR count). The first-order valence-corrected chi connectivity index (χ1v) is 11.3. The molecular formula is C27H26N6O2. The van der Waals surface area contributed by atoms with E-state index >= 15 is 0 Å². The Bertz CT molecular complexity index is 1440. The summed E-state index contributed by atoms with van der Waals surface area (Å²) in [5.74, 6) is 1.50. The summed E-state index contributed by atoms with van der Waals surface area (Å²) in [5.41, 5.74) is 6.00. The van der Waals surface area contributed by atoms with Crippen LogP contribution in [-0.4, -0.2) is 32.8 Å². The van der Waals surface area contributed by atoms with E-state index in [1.54, 1.807) is 24.2 Å². The Labute approximate surface area is 203 Å². The van der Waals surface area contributed by atoms with E-state index in [1.807, 2.05) is 49.4 Å². The summed E-state index contributed by atoms with van der Waals surface area (Å²) in [6.45, 7) is 6.02. The number of carbonyl (C=O) groups excluding carboxylic acids is 1. The van der Waals surface area contributed by atoms with Crippen LogP contribution < -0.4 is 15.4 Å². The number of anilines is 2. The molecule has 0 saturated carbocycles. The van der Waals surface area contributed by atoms with Crippen molar-refractivity contribution in [1.82, 2.24) is 19.7 Å². The Hall–Kier alpha value is -4.46. The predicted molar refractivity (Wildman–Crippen MR) is 135 cm³/mol. The molecule has 1 unspecified atom stereocenters. The Morgan fingerprint density at radius 1 is 1.03 bits per heavy atom. The molecule has 1 atom stereocenters. The Morgan fingerprint density at radius 2 is 1.80 bits per heavy atom. The van der Waals surface area contributed by atoms with Crippen molar-refractivity contribution in [2.24, 2.45) is 0 Å². The van der Waals surface area contributed by atoms with Crippen LogP contribution in [0.4, 0.5) is 11.6 Å². The minimum Gasteiger partial charge on any atom is -0.495 e. The number of rotatable bonds is 5. The number of hydrogen-bond donors (Lipinski definition) is 2. The lowest BCUT2D eigenvalue weighted by Gasteiger charge is -2.28. The average molecular weight is 467 g/mol. The minimum absolute atomic E-state index is 0.254. The zero-order valence-corrected chi connectivity index (χ0v) is 20.0. The monoisotopic (exact) mass is 466 g/mol. The van der Waals surface area contributed by atoms with E-state index in [0.717, 1.165) is 11.1 Å². The molecule has 2 aromatic heterocycles. The van der Waals surface area contributed by atoms with Gasteiger partial charge in [-0.3, -0.25) is 9.78 Å². The van der Waals surface area contributed by atoms with Crippen molar-refractivity contribution < 1.29 is 9.53 Å². The zero-order valence-electron chi connectivity index (χ0n) is 20.0. The van der Waals surface area contributed by atoms with Gasteiger partial charge in [0, 0.05) is 23.7 Å². The molecule has 2 aromatic carbocycles. The smallest absolute Gasteiger partial charge is 0.255 e. The van der Waals surface area contributed by atoms with Gasteiger partial charge in [0.05, 0.1) is 18.4 Å². The van der Waals surface area contributed by atoms with E-state index in [-0.39, 0.29) is 5.91 Å². The third-order valence-electron chi connectivity index (χ3n) is 6.24. The van der Waals surface area contributed by atoms with Crippen LogP contribution in [0.5, 0.6) is 5.75 Å². The molecule has 0 radical (unpaired) electrons. The van der Waals surface area contributed by atoms with E-state index in [1.165, 1.54) is 11.1 Å². The Morgan fingerprint density at radius 3 is 2.54 bits per heavy atom. The van der Waals surface area contributed by atoms with Crippen LogP contribution in [0.3, 0.4) is 0 Å². The fraction of sp³-hybridized carbons (Fsp3) is 0.185. The molecule has 0 bridgehead atoms. The second-order valence-electron chi connectivity index (χ2n) is 8.50. The SMILES string of the molecule is COc1ccccc1NC(=O)C1=C(C)Nc2nc(-c3ccc(C)c(C)c3)nn2C1c1ccncc1. The normalized spacial score (nSPS) is 14.8. The van der Waals surface area contributed by atoms with Crippen LogP contribution in [0, 0.1) is 13.8 Å². The second-order valence-corrected chi connectivity index (χ2v) is 8.50. The fourth-order valence-electron chi connectivity index (χ4n) is 4.24. The predicted octanol–water partition coefficient (Wildman–Crippen LogP) is 4.89. The molecule has 1 aliphatic heterocycles. The van der Waals surface area contributed by atoms with Gasteiger partial charge in [0.25, 0.3) is 5.91 Å². The maximum absolute atomic E-state index is 13.7. The van der Waals surface area contributed by atoms with Crippen molar-refractivity contribution in [1.29, 1.82) is 0 Å². The van der Waals surface area contributed by atoms with Crippen molar-refractivity contribution in [3.8, 4) is 17.1 Å². The number of methoxy groups -OCH3 is 1. The third kappa shape index (κ3) is 4.14. The molecule has 0 fully saturated rings. The standard InChI is InChI=1S/C27H26N6O2/c1-16-9-10-20(15-17(16)2)25-31-27-29-18(3)23(24(33(27)32-25)19-11-13-28-14-12-19)26(34)30-21-7-5-6-8-22(21)35-4/h5-15,24H,1-4H3,(H,30,34)(H,29,31,32). The molecule has 176 valence electrons. The molecular weight excluding hydrogens is 440 g/mol. The summed E-state index contributed by atoms with van der Waals surface area (Å²) in [5, 5.41) is 11.1. The molecule has 0 saturated heterocycles. The largest absolute Gasteiger partial charge is 0.495 e. The van der Waals surface area contributed by atoms with Gasteiger partial charge in [-0.15, -0.1) is 5.10 Å². The molecule has 3 heterocycles. The number of para-hydroxylation sites is 2. The van der Waals surface area contributed by atoms with Crippen LogP contribution in [-0.2, 0) is 4.79 Å². The van der Waals surface area contributed by atoms with Crippen LogP contribution >= 0.6 is 0 Å².